The number of amides is 2. The first-order valence-corrected chi connectivity index (χ1v) is 11.8. The first-order chi connectivity index (χ1) is 15.5. The lowest BCUT2D eigenvalue weighted by Crippen LogP contribution is -2.32. The van der Waals surface area contributed by atoms with E-state index in [9.17, 15) is 19.7 Å². The number of nitro groups is 1. The second kappa shape index (κ2) is 10.1. The molecule has 0 saturated carbocycles. The van der Waals surface area contributed by atoms with E-state index in [1.54, 1.807) is 12.1 Å². The first kappa shape index (κ1) is 22.2. The van der Waals surface area contributed by atoms with E-state index in [0.29, 0.717) is 17.8 Å². The van der Waals surface area contributed by atoms with Crippen molar-refractivity contribution in [3.63, 3.8) is 0 Å². The van der Waals surface area contributed by atoms with Crippen LogP contribution in [0.5, 0.6) is 0 Å². The molecule has 1 aliphatic rings. The van der Waals surface area contributed by atoms with Gasteiger partial charge in [0.2, 0.25) is 5.91 Å². The fraction of sp³-hybridized carbons (Fsp3) is 0.286. The van der Waals surface area contributed by atoms with Gasteiger partial charge >= 0.3 is 0 Å². The van der Waals surface area contributed by atoms with E-state index in [0.717, 1.165) is 34.0 Å². The highest BCUT2D eigenvalue weighted by molar-refractivity contribution is 8.01. The van der Waals surface area contributed by atoms with Gasteiger partial charge in [-0.15, -0.1) is 11.3 Å². The molecule has 0 bridgehead atoms. The van der Waals surface area contributed by atoms with Crippen molar-refractivity contribution >= 4 is 56.5 Å². The lowest BCUT2D eigenvalue weighted by atomic mass is 10.2. The van der Waals surface area contributed by atoms with Gasteiger partial charge in [0, 0.05) is 36.5 Å². The summed E-state index contributed by atoms with van der Waals surface area (Å²) in [4.78, 5) is 39.2. The molecule has 0 radical (unpaired) electrons. The van der Waals surface area contributed by atoms with Gasteiger partial charge in [0.05, 0.1) is 27.0 Å². The predicted octanol–water partition coefficient (Wildman–Crippen LogP) is 3.84. The van der Waals surface area contributed by atoms with Crippen LogP contribution in [-0.2, 0) is 9.53 Å². The summed E-state index contributed by atoms with van der Waals surface area (Å²) in [6, 6.07) is 10.8. The molecule has 0 aliphatic carbocycles. The highest BCUT2D eigenvalue weighted by atomic mass is 32.2. The molecule has 1 atom stereocenters. The largest absolute Gasteiger partial charge is 0.376 e. The number of non-ortho nitro benzene ring substituents is 1. The van der Waals surface area contributed by atoms with Crippen LogP contribution in [0.2, 0.25) is 0 Å². The Balaban J connectivity index is 1.33. The number of thiazole rings is 1. The maximum Gasteiger partial charge on any atom is 0.269 e. The third kappa shape index (κ3) is 5.61. The fourth-order valence-corrected chi connectivity index (χ4v) is 5.13. The number of nitrogens with one attached hydrogen (secondary N) is 2. The number of anilines is 1. The molecule has 2 aromatic carbocycles. The Morgan fingerprint density at radius 2 is 2.06 bits per heavy atom. The molecule has 3 aromatic rings. The predicted molar refractivity (Wildman–Crippen MR) is 123 cm³/mol. The van der Waals surface area contributed by atoms with E-state index < -0.39 is 4.92 Å². The number of aromatic nitrogens is 1. The normalized spacial score (nSPS) is 15.6. The number of benzene rings is 2. The molecule has 166 valence electrons. The Bertz CT molecular complexity index is 1140. The van der Waals surface area contributed by atoms with Crippen LogP contribution in [0.25, 0.3) is 10.2 Å². The summed E-state index contributed by atoms with van der Waals surface area (Å²) in [5, 5.41) is 16.4. The van der Waals surface area contributed by atoms with Crippen molar-refractivity contribution in [2.75, 3.05) is 24.2 Å². The molecule has 0 spiro atoms. The number of rotatable bonds is 8. The first-order valence-electron chi connectivity index (χ1n) is 9.95. The Hall–Kier alpha value is -3.02. The minimum atomic E-state index is -0.511. The van der Waals surface area contributed by atoms with Crippen molar-refractivity contribution < 1.29 is 19.2 Å². The van der Waals surface area contributed by atoms with Gasteiger partial charge in [0.1, 0.15) is 0 Å². The van der Waals surface area contributed by atoms with Gasteiger partial charge < -0.3 is 15.4 Å². The van der Waals surface area contributed by atoms with Crippen LogP contribution in [0.3, 0.4) is 0 Å². The van der Waals surface area contributed by atoms with E-state index >= 15 is 0 Å². The number of nitro benzene ring substituents is 1. The topological polar surface area (TPSA) is 123 Å². The van der Waals surface area contributed by atoms with E-state index in [2.05, 4.69) is 15.6 Å². The van der Waals surface area contributed by atoms with Gasteiger partial charge in [-0.3, -0.25) is 19.7 Å². The number of fused-ring (bicyclic) bond motifs is 1. The number of nitrogens with zero attached hydrogens (tertiary/aromatic N) is 2. The molecule has 1 fully saturated rings. The summed E-state index contributed by atoms with van der Waals surface area (Å²) in [6.07, 6.45) is 2.14. The van der Waals surface area contributed by atoms with Gasteiger partial charge in [0.15, 0.2) is 4.34 Å². The van der Waals surface area contributed by atoms with Crippen LogP contribution in [0, 0.1) is 10.1 Å². The zero-order chi connectivity index (χ0) is 22.5. The Labute approximate surface area is 191 Å². The van der Waals surface area contributed by atoms with Crippen LogP contribution >= 0.6 is 23.1 Å². The molecule has 1 aliphatic heterocycles. The van der Waals surface area contributed by atoms with Crippen molar-refractivity contribution in [3.05, 3.63) is 58.1 Å². The van der Waals surface area contributed by atoms with E-state index in [1.165, 1.54) is 47.4 Å². The van der Waals surface area contributed by atoms with Gasteiger partial charge in [-0.25, -0.2) is 4.98 Å². The fourth-order valence-electron chi connectivity index (χ4n) is 3.19. The summed E-state index contributed by atoms with van der Waals surface area (Å²) in [7, 11) is 0. The van der Waals surface area contributed by atoms with E-state index in [-0.39, 0.29) is 29.4 Å². The summed E-state index contributed by atoms with van der Waals surface area (Å²) < 4.78 is 7.15. The van der Waals surface area contributed by atoms with Gasteiger partial charge in [-0.2, -0.15) is 0 Å². The highest BCUT2D eigenvalue weighted by Gasteiger charge is 2.16. The highest BCUT2D eigenvalue weighted by Crippen LogP contribution is 2.31. The summed E-state index contributed by atoms with van der Waals surface area (Å²) in [5.41, 5.74) is 1.63. The van der Waals surface area contributed by atoms with Gasteiger partial charge in [-0.1, -0.05) is 11.8 Å². The number of carbonyl (C=O) groups excluding carboxylic acids is 2. The van der Waals surface area contributed by atoms with Crippen molar-refractivity contribution in [1.29, 1.82) is 0 Å². The second-order valence-corrected chi connectivity index (χ2v) is 9.40. The molecular weight excluding hydrogens is 452 g/mol. The molecule has 32 heavy (non-hydrogen) atoms. The number of ether oxygens (including phenoxy) is 1. The summed E-state index contributed by atoms with van der Waals surface area (Å²) in [5.74, 6) is -0.141. The summed E-state index contributed by atoms with van der Waals surface area (Å²) in [6.45, 7) is 1.30. The molecular formula is C21H20N4O5S2. The lowest BCUT2D eigenvalue weighted by molar-refractivity contribution is -0.384. The SMILES string of the molecule is O=C(CSc1nc2ccc(NC(=O)c3ccc([N+](=O)[O-])cc3)cc2s1)NC[C@H]1CCCO1. The smallest absolute Gasteiger partial charge is 0.269 e. The average Bonchev–Trinajstić information content (AvgIpc) is 3.45. The second-order valence-electron chi connectivity index (χ2n) is 7.15. The minimum Gasteiger partial charge on any atom is -0.376 e. The lowest BCUT2D eigenvalue weighted by Gasteiger charge is -2.09. The molecule has 11 heteroatoms. The minimum absolute atomic E-state index is 0.0548. The quantitative estimate of drug-likeness (QED) is 0.290. The van der Waals surface area contributed by atoms with Crippen molar-refractivity contribution in [2.24, 2.45) is 0 Å². The molecule has 2 N–H and O–H groups in total. The van der Waals surface area contributed by atoms with Crippen LogP contribution in [0.15, 0.2) is 46.8 Å². The maximum absolute atomic E-state index is 12.4. The molecule has 0 unspecified atom stereocenters. The van der Waals surface area contributed by atoms with Crippen molar-refractivity contribution in [2.45, 2.75) is 23.3 Å². The van der Waals surface area contributed by atoms with E-state index in [1.807, 2.05) is 6.07 Å². The Kier molecular flexibility index (Phi) is 6.98. The Morgan fingerprint density at radius 1 is 1.25 bits per heavy atom. The third-order valence-electron chi connectivity index (χ3n) is 4.84. The van der Waals surface area contributed by atoms with Crippen LogP contribution in [-0.4, -0.2) is 46.7 Å². The van der Waals surface area contributed by atoms with Crippen molar-refractivity contribution in [3.8, 4) is 0 Å². The molecule has 1 saturated heterocycles. The number of hydrogen-bond donors (Lipinski definition) is 2. The van der Waals surface area contributed by atoms with Crippen LogP contribution in [0.1, 0.15) is 23.2 Å². The third-order valence-corrected chi connectivity index (χ3v) is 7.01. The average molecular weight is 473 g/mol. The number of carbonyl (C=O) groups is 2. The Morgan fingerprint density at radius 3 is 2.78 bits per heavy atom. The molecule has 4 rings (SSSR count). The molecule has 1 aromatic heterocycles. The zero-order valence-electron chi connectivity index (χ0n) is 16.9. The molecule has 2 amide bonds. The standard InChI is InChI=1S/C21H20N4O5S2/c26-19(22-11-16-2-1-9-30-16)12-31-21-24-17-8-5-14(10-18(17)32-21)23-20(27)13-3-6-15(7-4-13)25(28)29/h3-8,10,16H,1-2,9,11-12H2,(H,22,26)(H,23,27)/t16-/m1/s1. The monoisotopic (exact) mass is 472 g/mol. The molecule has 2 heterocycles. The van der Waals surface area contributed by atoms with E-state index in [4.69, 9.17) is 4.74 Å². The van der Waals surface area contributed by atoms with Gasteiger partial charge in [-0.05, 0) is 43.2 Å². The number of hydrogen-bond acceptors (Lipinski definition) is 8. The van der Waals surface area contributed by atoms with Gasteiger partial charge in [0.25, 0.3) is 11.6 Å². The summed E-state index contributed by atoms with van der Waals surface area (Å²) >= 11 is 2.81. The van der Waals surface area contributed by atoms with Crippen LogP contribution in [0.4, 0.5) is 11.4 Å². The molecule has 9 nitrogen and oxygen atoms in total. The van der Waals surface area contributed by atoms with Crippen molar-refractivity contribution in [1.82, 2.24) is 10.3 Å². The van der Waals surface area contributed by atoms with Crippen LogP contribution < -0.4 is 10.6 Å². The zero-order valence-corrected chi connectivity index (χ0v) is 18.5. The maximum atomic E-state index is 12.4. The number of thioether (sulfide) groups is 1.